The van der Waals surface area contributed by atoms with Gasteiger partial charge in [-0.15, -0.1) is 0 Å². The largest absolute Gasteiger partial charge is 0.320 e. The topological polar surface area (TPSA) is 26.8 Å². The van der Waals surface area contributed by atoms with Crippen LogP contribution in [0.3, 0.4) is 0 Å². The third kappa shape index (κ3) is 2.60. The maximum Gasteiger partial charge on any atom is 0.320 e. The molecule has 4 nitrogen and oxygen atoms in total. The summed E-state index contributed by atoms with van der Waals surface area (Å²) in [6.07, 6.45) is 4.97. The van der Waals surface area contributed by atoms with Gasteiger partial charge in [0.2, 0.25) is 0 Å². The van der Waals surface area contributed by atoms with Gasteiger partial charge in [0.25, 0.3) is 0 Å². The summed E-state index contributed by atoms with van der Waals surface area (Å²) in [5.74, 6) is 0. The number of hydrogen-bond acceptors (Lipinski definition) is 2. The number of carbonyl (C=O) groups excluding carboxylic acids is 1. The van der Waals surface area contributed by atoms with Crippen LogP contribution < -0.4 is 0 Å². The number of hydrogen-bond donors (Lipinski definition) is 0. The van der Waals surface area contributed by atoms with E-state index in [0.29, 0.717) is 6.04 Å². The molecule has 0 bridgehead atoms. The van der Waals surface area contributed by atoms with E-state index < -0.39 is 0 Å². The third-order valence-electron chi connectivity index (χ3n) is 5.40. The summed E-state index contributed by atoms with van der Waals surface area (Å²) in [4.78, 5) is 19.6. The first-order chi connectivity index (χ1) is 10.8. The number of benzene rings is 1. The summed E-state index contributed by atoms with van der Waals surface area (Å²) < 4.78 is 0. The first kappa shape index (κ1) is 14.1. The van der Waals surface area contributed by atoms with E-state index in [0.717, 1.165) is 32.6 Å². The zero-order valence-corrected chi connectivity index (χ0v) is 13.2. The molecule has 0 radical (unpaired) electrons. The molecule has 2 saturated heterocycles. The molecule has 4 heteroatoms. The molecule has 2 fully saturated rings. The van der Waals surface area contributed by atoms with Crippen LogP contribution in [0.15, 0.2) is 24.3 Å². The van der Waals surface area contributed by atoms with Gasteiger partial charge in [-0.1, -0.05) is 24.3 Å². The Kier molecular flexibility index (Phi) is 3.78. The average Bonchev–Trinajstić information content (AvgIpc) is 3.27. The molecule has 1 aromatic carbocycles. The average molecular weight is 299 g/mol. The third-order valence-corrected chi connectivity index (χ3v) is 5.40. The summed E-state index contributed by atoms with van der Waals surface area (Å²) in [7, 11) is 0. The molecule has 2 amide bonds. The highest BCUT2D eigenvalue weighted by atomic mass is 16.2. The molecular formula is C18H25N3O. The Morgan fingerprint density at radius 2 is 1.68 bits per heavy atom. The van der Waals surface area contributed by atoms with Crippen molar-refractivity contribution < 1.29 is 4.79 Å². The van der Waals surface area contributed by atoms with Crippen molar-refractivity contribution >= 4 is 6.03 Å². The van der Waals surface area contributed by atoms with Crippen LogP contribution in [0, 0.1) is 0 Å². The Labute approximate surface area is 132 Å². The van der Waals surface area contributed by atoms with Crippen molar-refractivity contribution in [2.75, 3.05) is 26.2 Å². The smallest absolute Gasteiger partial charge is 0.320 e. The van der Waals surface area contributed by atoms with Crippen LogP contribution in [-0.2, 0) is 13.1 Å². The van der Waals surface area contributed by atoms with Gasteiger partial charge in [-0.3, -0.25) is 0 Å². The number of carbonyl (C=O) groups is 1. The lowest BCUT2D eigenvalue weighted by Crippen LogP contribution is -2.47. The van der Waals surface area contributed by atoms with E-state index in [4.69, 9.17) is 0 Å². The van der Waals surface area contributed by atoms with Gasteiger partial charge in [0, 0.05) is 32.2 Å². The lowest BCUT2D eigenvalue weighted by Gasteiger charge is -2.31. The van der Waals surface area contributed by atoms with Gasteiger partial charge in [0.1, 0.15) is 0 Å². The Morgan fingerprint density at radius 1 is 1.00 bits per heavy atom. The number of rotatable bonds is 2. The van der Waals surface area contributed by atoms with Gasteiger partial charge in [0.05, 0.1) is 0 Å². The second-order valence-electron chi connectivity index (χ2n) is 6.90. The Bertz CT molecular complexity index is 528. The molecule has 0 unspecified atom stereocenters. The Hall–Kier alpha value is -1.55. The highest BCUT2D eigenvalue weighted by Crippen LogP contribution is 2.27. The maximum atomic E-state index is 12.9. The minimum Gasteiger partial charge on any atom is -0.320 e. The van der Waals surface area contributed by atoms with Crippen LogP contribution in [0.1, 0.15) is 36.8 Å². The summed E-state index contributed by atoms with van der Waals surface area (Å²) in [5, 5.41) is 0. The van der Waals surface area contributed by atoms with E-state index >= 15 is 0 Å². The summed E-state index contributed by atoms with van der Waals surface area (Å²) >= 11 is 0. The molecule has 118 valence electrons. The van der Waals surface area contributed by atoms with Gasteiger partial charge >= 0.3 is 6.03 Å². The minimum absolute atomic E-state index is 0.248. The number of fused-ring (bicyclic) bond motifs is 1. The zero-order chi connectivity index (χ0) is 14.9. The molecule has 0 spiro atoms. The van der Waals surface area contributed by atoms with E-state index in [-0.39, 0.29) is 6.03 Å². The van der Waals surface area contributed by atoms with Crippen LogP contribution in [0.2, 0.25) is 0 Å². The summed E-state index contributed by atoms with van der Waals surface area (Å²) in [6, 6.07) is 9.10. The van der Waals surface area contributed by atoms with Crippen molar-refractivity contribution in [2.45, 2.75) is 44.8 Å². The lowest BCUT2D eigenvalue weighted by atomic mass is 10.1. The quantitative estimate of drug-likeness (QED) is 0.839. The molecule has 0 saturated carbocycles. The summed E-state index contributed by atoms with van der Waals surface area (Å²) in [6.45, 7) is 6.00. The first-order valence-corrected chi connectivity index (χ1v) is 8.66. The van der Waals surface area contributed by atoms with Crippen molar-refractivity contribution in [1.29, 1.82) is 0 Å². The van der Waals surface area contributed by atoms with Crippen molar-refractivity contribution in [3.05, 3.63) is 35.4 Å². The normalized spacial score (nSPS) is 25.0. The second-order valence-corrected chi connectivity index (χ2v) is 6.90. The molecule has 3 heterocycles. The molecular weight excluding hydrogens is 274 g/mol. The van der Waals surface area contributed by atoms with E-state index in [1.807, 2.05) is 4.90 Å². The SMILES string of the molecule is O=C(N1Cc2ccccc2C1)N1CCC[C@H]1CN1CCCC1. The van der Waals surface area contributed by atoms with Gasteiger partial charge in [-0.05, 0) is 49.9 Å². The van der Waals surface area contributed by atoms with Crippen LogP contribution in [0.4, 0.5) is 4.79 Å². The lowest BCUT2D eigenvalue weighted by molar-refractivity contribution is 0.136. The fraction of sp³-hybridized carbons (Fsp3) is 0.611. The monoisotopic (exact) mass is 299 g/mol. The fourth-order valence-corrected chi connectivity index (χ4v) is 4.19. The molecule has 1 atom stereocenters. The predicted molar refractivity (Wildman–Crippen MR) is 86.5 cm³/mol. The van der Waals surface area contributed by atoms with E-state index in [1.165, 1.54) is 43.5 Å². The molecule has 3 aliphatic heterocycles. The molecule has 3 aliphatic rings. The van der Waals surface area contributed by atoms with Crippen LogP contribution in [0.25, 0.3) is 0 Å². The van der Waals surface area contributed by atoms with Gasteiger partial charge < -0.3 is 14.7 Å². The number of likely N-dealkylation sites (tertiary alicyclic amines) is 2. The Balaban J connectivity index is 1.41. The first-order valence-electron chi connectivity index (χ1n) is 8.66. The fourth-order valence-electron chi connectivity index (χ4n) is 4.19. The predicted octanol–water partition coefficient (Wildman–Crippen LogP) is 2.68. The van der Waals surface area contributed by atoms with Crippen LogP contribution in [-0.4, -0.2) is 53.0 Å². The summed E-state index contributed by atoms with van der Waals surface area (Å²) in [5.41, 5.74) is 2.62. The van der Waals surface area contributed by atoms with Gasteiger partial charge in [-0.2, -0.15) is 0 Å². The van der Waals surface area contributed by atoms with Crippen molar-refractivity contribution in [3.63, 3.8) is 0 Å². The molecule has 0 N–H and O–H groups in total. The van der Waals surface area contributed by atoms with Gasteiger partial charge in [-0.25, -0.2) is 4.79 Å². The molecule has 4 rings (SSSR count). The number of urea groups is 1. The molecule has 1 aromatic rings. The van der Waals surface area contributed by atoms with Crippen molar-refractivity contribution in [1.82, 2.24) is 14.7 Å². The highest BCUT2D eigenvalue weighted by molar-refractivity contribution is 5.76. The zero-order valence-electron chi connectivity index (χ0n) is 13.2. The molecule has 0 aromatic heterocycles. The molecule has 22 heavy (non-hydrogen) atoms. The van der Waals surface area contributed by atoms with E-state index in [1.54, 1.807) is 0 Å². The van der Waals surface area contributed by atoms with Gasteiger partial charge in [0.15, 0.2) is 0 Å². The number of nitrogens with zero attached hydrogens (tertiary/aromatic N) is 3. The van der Waals surface area contributed by atoms with E-state index in [9.17, 15) is 4.79 Å². The Morgan fingerprint density at radius 3 is 2.36 bits per heavy atom. The van der Waals surface area contributed by atoms with Crippen molar-refractivity contribution in [2.24, 2.45) is 0 Å². The molecule has 0 aliphatic carbocycles. The maximum absolute atomic E-state index is 12.9. The number of amides is 2. The standard InChI is InChI=1S/C18H25N3O/c22-18(20-12-15-6-1-2-7-16(15)13-20)21-11-5-8-17(21)14-19-9-3-4-10-19/h1-2,6-7,17H,3-5,8-14H2/t17-/m0/s1. The van der Waals surface area contributed by atoms with Crippen LogP contribution >= 0.6 is 0 Å². The minimum atomic E-state index is 0.248. The second kappa shape index (κ2) is 5.92. The van der Waals surface area contributed by atoms with Crippen molar-refractivity contribution in [3.8, 4) is 0 Å². The van der Waals surface area contributed by atoms with Crippen LogP contribution in [0.5, 0.6) is 0 Å². The van der Waals surface area contributed by atoms with E-state index in [2.05, 4.69) is 34.1 Å². The highest BCUT2D eigenvalue weighted by Gasteiger charge is 2.35.